The van der Waals surface area contributed by atoms with Crippen LogP contribution in [0.3, 0.4) is 0 Å². The van der Waals surface area contributed by atoms with Crippen molar-refractivity contribution in [3.8, 4) is 0 Å². The number of aryl methyl sites for hydroxylation is 1. The van der Waals surface area contributed by atoms with Crippen LogP contribution in [0.2, 0.25) is 0 Å². The molecule has 5 nitrogen and oxygen atoms in total. The minimum Gasteiger partial charge on any atom is -0.370 e. The van der Waals surface area contributed by atoms with Crippen LogP contribution in [0.15, 0.2) is 29.3 Å². The molecule has 0 aliphatic heterocycles. The highest BCUT2D eigenvalue weighted by molar-refractivity contribution is 14.0. The molecule has 1 fully saturated rings. The predicted octanol–water partition coefficient (Wildman–Crippen LogP) is 2.51. The van der Waals surface area contributed by atoms with E-state index in [4.69, 9.17) is 5.73 Å². The number of amides is 1. The molecule has 2 rings (SSSR count). The van der Waals surface area contributed by atoms with Gasteiger partial charge in [-0.05, 0) is 42.9 Å². The van der Waals surface area contributed by atoms with E-state index >= 15 is 0 Å². The molecular weight excluding hydrogens is 391 g/mol. The first kappa shape index (κ1) is 18.7. The number of nitrogens with two attached hydrogens (primary N) is 1. The summed E-state index contributed by atoms with van der Waals surface area (Å²) in [6.07, 6.45) is 4.77. The zero-order valence-electron chi connectivity index (χ0n) is 13.0. The zero-order valence-corrected chi connectivity index (χ0v) is 15.3. The van der Waals surface area contributed by atoms with Gasteiger partial charge in [0.1, 0.15) is 6.54 Å². The van der Waals surface area contributed by atoms with Crippen LogP contribution in [0.5, 0.6) is 0 Å². The fourth-order valence-electron chi connectivity index (χ4n) is 2.23. The Labute approximate surface area is 149 Å². The standard InChI is InChI=1S/C16H24N4O.HI/c1-2-12-5-4-8-14(9-12)20-15(21)11-19-16(17)18-10-13-6-3-7-13;/h4-5,8-9,13H,2-3,6-7,10-11H2,1H3,(H,20,21)(H3,17,18,19);1H. The van der Waals surface area contributed by atoms with E-state index < -0.39 is 0 Å². The number of carbonyl (C=O) groups is 1. The summed E-state index contributed by atoms with van der Waals surface area (Å²) < 4.78 is 0. The van der Waals surface area contributed by atoms with Crippen molar-refractivity contribution in [1.29, 1.82) is 0 Å². The third-order valence-corrected chi connectivity index (χ3v) is 3.81. The van der Waals surface area contributed by atoms with Crippen LogP contribution in [0, 0.1) is 5.92 Å². The molecule has 1 aromatic carbocycles. The number of carbonyl (C=O) groups excluding carboxylic acids is 1. The Morgan fingerprint density at radius 1 is 1.41 bits per heavy atom. The third kappa shape index (κ3) is 6.21. The molecule has 0 bridgehead atoms. The Morgan fingerprint density at radius 2 is 2.18 bits per heavy atom. The minimum absolute atomic E-state index is 0. The van der Waals surface area contributed by atoms with Crippen molar-refractivity contribution < 1.29 is 4.79 Å². The maximum absolute atomic E-state index is 11.8. The van der Waals surface area contributed by atoms with Crippen molar-refractivity contribution in [3.05, 3.63) is 29.8 Å². The van der Waals surface area contributed by atoms with Gasteiger partial charge in [0.25, 0.3) is 0 Å². The molecule has 22 heavy (non-hydrogen) atoms. The quantitative estimate of drug-likeness (QED) is 0.379. The molecule has 1 aliphatic carbocycles. The summed E-state index contributed by atoms with van der Waals surface area (Å²) in [5.41, 5.74) is 7.74. The van der Waals surface area contributed by atoms with Crippen molar-refractivity contribution >= 4 is 41.5 Å². The molecule has 0 spiro atoms. The minimum atomic E-state index is -0.156. The Morgan fingerprint density at radius 3 is 2.82 bits per heavy atom. The first-order valence-electron chi connectivity index (χ1n) is 7.60. The Kier molecular flexibility index (Phi) is 8.22. The van der Waals surface area contributed by atoms with E-state index in [2.05, 4.69) is 22.5 Å². The highest BCUT2D eigenvalue weighted by Gasteiger charge is 2.16. The van der Waals surface area contributed by atoms with Crippen LogP contribution in [-0.2, 0) is 11.2 Å². The number of guanidine groups is 1. The second-order valence-corrected chi connectivity index (χ2v) is 5.48. The molecule has 4 N–H and O–H groups in total. The smallest absolute Gasteiger partial charge is 0.246 e. The Bertz CT molecular complexity index is 515. The van der Waals surface area contributed by atoms with E-state index in [-0.39, 0.29) is 36.4 Å². The molecule has 0 heterocycles. The van der Waals surface area contributed by atoms with Gasteiger partial charge in [-0.3, -0.25) is 4.79 Å². The molecule has 1 amide bonds. The monoisotopic (exact) mass is 416 g/mol. The first-order chi connectivity index (χ1) is 10.2. The van der Waals surface area contributed by atoms with Gasteiger partial charge in [-0.15, -0.1) is 24.0 Å². The summed E-state index contributed by atoms with van der Waals surface area (Å²) in [6.45, 7) is 2.98. The van der Waals surface area contributed by atoms with Gasteiger partial charge >= 0.3 is 0 Å². The summed E-state index contributed by atoms with van der Waals surface area (Å²) in [4.78, 5) is 15.9. The molecule has 0 atom stereocenters. The average molecular weight is 416 g/mol. The van der Waals surface area contributed by atoms with Gasteiger partial charge in [0, 0.05) is 12.2 Å². The van der Waals surface area contributed by atoms with Gasteiger partial charge in [-0.1, -0.05) is 25.5 Å². The number of hydrogen-bond acceptors (Lipinski definition) is 2. The van der Waals surface area contributed by atoms with Crippen molar-refractivity contribution in [3.63, 3.8) is 0 Å². The molecule has 0 saturated heterocycles. The van der Waals surface area contributed by atoms with Gasteiger partial charge in [-0.25, -0.2) is 4.99 Å². The molecule has 0 radical (unpaired) electrons. The maximum Gasteiger partial charge on any atom is 0.246 e. The summed E-state index contributed by atoms with van der Waals surface area (Å²) in [6, 6.07) is 7.82. The van der Waals surface area contributed by atoms with E-state index in [1.54, 1.807) is 0 Å². The average Bonchev–Trinajstić information content (AvgIpc) is 2.43. The van der Waals surface area contributed by atoms with E-state index in [0.717, 1.165) is 18.7 Å². The number of benzene rings is 1. The fourth-order valence-corrected chi connectivity index (χ4v) is 2.23. The van der Waals surface area contributed by atoms with Crippen LogP contribution in [-0.4, -0.2) is 25.0 Å². The predicted molar refractivity (Wildman–Crippen MR) is 102 cm³/mol. The van der Waals surface area contributed by atoms with Crippen LogP contribution < -0.4 is 16.4 Å². The van der Waals surface area contributed by atoms with Gasteiger partial charge < -0.3 is 16.4 Å². The highest BCUT2D eigenvalue weighted by Crippen LogP contribution is 2.24. The number of anilines is 1. The number of aliphatic imine (C=N–C) groups is 1. The maximum atomic E-state index is 11.8. The van der Waals surface area contributed by atoms with E-state index in [9.17, 15) is 4.79 Å². The molecule has 1 saturated carbocycles. The number of nitrogens with zero attached hydrogens (tertiary/aromatic N) is 1. The molecule has 0 unspecified atom stereocenters. The van der Waals surface area contributed by atoms with E-state index in [0.29, 0.717) is 11.9 Å². The van der Waals surface area contributed by atoms with Crippen LogP contribution >= 0.6 is 24.0 Å². The van der Waals surface area contributed by atoms with Crippen LogP contribution in [0.25, 0.3) is 0 Å². The molecule has 1 aromatic rings. The van der Waals surface area contributed by atoms with E-state index in [1.165, 1.54) is 24.8 Å². The van der Waals surface area contributed by atoms with Crippen molar-refractivity contribution in [2.45, 2.75) is 32.6 Å². The van der Waals surface area contributed by atoms with E-state index in [1.807, 2.05) is 24.3 Å². The number of halogens is 1. The van der Waals surface area contributed by atoms with Gasteiger partial charge in [-0.2, -0.15) is 0 Å². The number of hydrogen-bond donors (Lipinski definition) is 3. The van der Waals surface area contributed by atoms with Crippen molar-refractivity contribution in [2.24, 2.45) is 16.6 Å². The second-order valence-electron chi connectivity index (χ2n) is 5.48. The number of rotatable bonds is 6. The van der Waals surface area contributed by atoms with Crippen molar-refractivity contribution in [2.75, 3.05) is 18.4 Å². The summed E-state index contributed by atoms with van der Waals surface area (Å²) in [5.74, 6) is 0.903. The SMILES string of the molecule is CCc1cccc(NC(=O)CN=C(N)NCC2CCC2)c1.I. The van der Waals surface area contributed by atoms with Gasteiger partial charge in [0.2, 0.25) is 5.91 Å². The summed E-state index contributed by atoms with van der Waals surface area (Å²) >= 11 is 0. The highest BCUT2D eigenvalue weighted by atomic mass is 127. The summed E-state index contributed by atoms with van der Waals surface area (Å²) in [7, 11) is 0. The van der Waals surface area contributed by atoms with Gasteiger partial charge in [0.05, 0.1) is 0 Å². The lowest BCUT2D eigenvalue weighted by molar-refractivity contribution is -0.114. The van der Waals surface area contributed by atoms with Crippen LogP contribution in [0.4, 0.5) is 5.69 Å². The number of nitrogens with one attached hydrogen (secondary N) is 2. The van der Waals surface area contributed by atoms with Gasteiger partial charge in [0.15, 0.2) is 5.96 Å². The third-order valence-electron chi connectivity index (χ3n) is 3.81. The lowest BCUT2D eigenvalue weighted by Crippen LogP contribution is -2.37. The summed E-state index contributed by atoms with van der Waals surface area (Å²) in [5, 5.41) is 5.90. The van der Waals surface area contributed by atoms with Crippen molar-refractivity contribution in [1.82, 2.24) is 5.32 Å². The lowest BCUT2D eigenvalue weighted by Gasteiger charge is -2.25. The Hall–Kier alpha value is -1.31. The Balaban J connectivity index is 0.00000242. The molecule has 0 aromatic heterocycles. The molecule has 1 aliphatic rings. The topological polar surface area (TPSA) is 79.5 Å². The second kappa shape index (κ2) is 9.66. The molecule has 6 heteroatoms. The molecular formula is C16H25IN4O. The zero-order chi connectivity index (χ0) is 15.1. The normalized spacial score (nSPS) is 14.7. The lowest BCUT2D eigenvalue weighted by atomic mass is 9.85. The molecule has 122 valence electrons. The largest absolute Gasteiger partial charge is 0.370 e. The fraction of sp³-hybridized carbons (Fsp3) is 0.500. The first-order valence-corrected chi connectivity index (χ1v) is 7.60. The van der Waals surface area contributed by atoms with Crippen LogP contribution in [0.1, 0.15) is 31.7 Å².